The van der Waals surface area contributed by atoms with E-state index >= 15 is 0 Å². The maximum Gasteiger partial charge on any atom is 0.182 e. The molecule has 17 heavy (non-hydrogen) atoms. The Labute approximate surface area is 98.0 Å². The van der Waals surface area contributed by atoms with Crippen molar-refractivity contribution in [1.29, 1.82) is 0 Å². The van der Waals surface area contributed by atoms with Gasteiger partial charge in [-0.3, -0.25) is 0 Å². The number of imidazole rings is 1. The molecule has 0 bridgehead atoms. The second-order valence-electron chi connectivity index (χ2n) is 4.03. The first-order valence-corrected chi connectivity index (χ1v) is 5.68. The zero-order valence-electron chi connectivity index (χ0n) is 9.46. The molecule has 0 spiro atoms. The van der Waals surface area contributed by atoms with Crippen LogP contribution in [0.3, 0.4) is 0 Å². The molecule has 1 aliphatic heterocycles. The van der Waals surface area contributed by atoms with Crippen LogP contribution >= 0.6 is 0 Å². The summed E-state index contributed by atoms with van der Waals surface area (Å²) in [5, 5.41) is 0. The number of fused-ring (bicyclic) bond motifs is 1. The van der Waals surface area contributed by atoms with Gasteiger partial charge < -0.3 is 20.4 Å². The average Bonchev–Trinajstić information content (AvgIpc) is 2.87. The molecule has 7 nitrogen and oxygen atoms in total. The van der Waals surface area contributed by atoms with Gasteiger partial charge in [-0.05, 0) is 0 Å². The Kier molecular flexibility index (Phi) is 2.62. The van der Waals surface area contributed by atoms with Crippen molar-refractivity contribution >= 4 is 17.0 Å². The summed E-state index contributed by atoms with van der Waals surface area (Å²) in [6.07, 6.45) is 3.37. The van der Waals surface area contributed by atoms with E-state index in [0.29, 0.717) is 12.3 Å². The number of aromatic amines is 1. The number of H-pyrrole nitrogens is 1. The van der Waals surface area contributed by atoms with Crippen molar-refractivity contribution in [2.45, 2.75) is 6.10 Å². The van der Waals surface area contributed by atoms with Gasteiger partial charge in [0, 0.05) is 6.54 Å². The monoisotopic (exact) mass is 235 g/mol. The lowest BCUT2D eigenvalue weighted by molar-refractivity contribution is -0.386. The average molecular weight is 235 g/mol. The predicted octanol–water partition coefficient (Wildman–Crippen LogP) is -1.20. The molecule has 0 amide bonds. The molecule has 1 saturated heterocycles. The second-order valence-corrected chi connectivity index (χ2v) is 4.03. The summed E-state index contributed by atoms with van der Waals surface area (Å²) in [5.41, 5.74) is 5.47. The van der Waals surface area contributed by atoms with E-state index in [4.69, 9.17) is 4.74 Å². The van der Waals surface area contributed by atoms with Gasteiger partial charge in [-0.15, -0.1) is 0 Å². The molecule has 1 aliphatic rings. The molecule has 4 N–H and O–H groups in total. The standard InChI is InChI=1S/C10H14N6O/c11-3-7-4-16(1-2-17-7)10-8-9(13-5-12-8)14-6-15-10/h5-7H,1-4,11H2,(H,12,13,14,15)/p+1/t7-/m0/s1. The fourth-order valence-electron chi connectivity index (χ4n) is 2.08. The topological polar surface area (TPSA) is 94.6 Å². The molecule has 0 aromatic carbocycles. The lowest BCUT2D eigenvalue weighted by Crippen LogP contribution is -2.60. The van der Waals surface area contributed by atoms with Crippen LogP contribution in [0.5, 0.6) is 0 Å². The number of anilines is 1. The second kappa shape index (κ2) is 4.27. The van der Waals surface area contributed by atoms with Gasteiger partial charge in [0.15, 0.2) is 11.5 Å². The van der Waals surface area contributed by atoms with Crippen LogP contribution in [0.2, 0.25) is 0 Å². The van der Waals surface area contributed by atoms with Crippen LogP contribution in [-0.4, -0.2) is 52.3 Å². The van der Waals surface area contributed by atoms with E-state index in [9.17, 15) is 0 Å². The Morgan fingerprint density at radius 3 is 3.29 bits per heavy atom. The van der Waals surface area contributed by atoms with Crippen LogP contribution in [0, 0.1) is 0 Å². The van der Waals surface area contributed by atoms with Crippen LogP contribution < -0.4 is 10.6 Å². The van der Waals surface area contributed by atoms with E-state index in [-0.39, 0.29) is 6.10 Å². The van der Waals surface area contributed by atoms with Crippen LogP contribution in [0.4, 0.5) is 5.82 Å². The molecule has 0 radical (unpaired) electrons. The number of quaternary nitrogens is 1. The molecule has 90 valence electrons. The third-order valence-electron chi connectivity index (χ3n) is 2.96. The summed E-state index contributed by atoms with van der Waals surface area (Å²) in [7, 11) is 0. The van der Waals surface area contributed by atoms with Crippen molar-refractivity contribution in [2.24, 2.45) is 0 Å². The van der Waals surface area contributed by atoms with Gasteiger partial charge >= 0.3 is 0 Å². The quantitative estimate of drug-likeness (QED) is 0.682. The molecule has 3 heterocycles. The summed E-state index contributed by atoms with van der Waals surface area (Å²) in [5.74, 6) is 0.897. The van der Waals surface area contributed by atoms with Crippen molar-refractivity contribution in [3.63, 3.8) is 0 Å². The molecule has 7 heteroatoms. The van der Waals surface area contributed by atoms with Crippen molar-refractivity contribution in [3.05, 3.63) is 12.7 Å². The molecule has 0 aliphatic carbocycles. The highest BCUT2D eigenvalue weighted by Crippen LogP contribution is 2.21. The minimum atomic E-state index is 0.177. The maximum atomic E-state index is 5.60. The minimum absolute atomic E-state index is 0.177. The summed E-state index contributed by atoms with van der Waals surface area (Å²) in [6.45, 7) is 3.13. The molecular weight excluding hydrogens is 220 g/mol. The Bertz CT molecular complexity index is 512. The number of nitrogens with zero attached hydrogens (tertiary/aromatic N) is 4. The van der Waals surface area contributed by atoms with Gasteiger partial charge in [-0.25, -0.2) is 15.0 Å². The normalized spacial score (nSPS) is 21.0. The number of morpholine rings is 1. The predicted molar refractivity (Wildman–Crippen MR) is 61.4 cm³/mol. The third-order valence-corrected chi connectivity index (χ3v) is 2.96. The smallest absolute Gasteiger partial charge is 0.182 e. The van der Waals surface area contributed by atoms with E-state index < -0.39 is 0 Å². The van der Waals surface area contributed by atoms with Crippen molar-refractivity contribution in [3.8, 4) is 0 Å². The van der Waals surface area contributed by atoms with Gasteiger partial charge in [-0.1, -0.05) is 0 Å². The molecule has 0 saturated carbocycles. The zero-order chi connectivity index (χ0) is 11.7. The lowest BCUT2D eigenvalue weighted by Gasteiger charge is -2.32. The molecule has 1 fully saturated rings. The molecule has 3 rings (SSSR count). The van der Waals surface area contributed by atoms with E-state index in [0.717, 1.165) is 31.0 Å². The van der Waals surface area contributed by atoms with E-state index in [1.807, 2.05) is 0 Å². The summed E-state index contributed by atoms with van der Waals surface area (Å²) in [4.78, 5) is 17.9. The summed E-state index contributed by atoms with van der Waals surface area (Å²) in [6, 6.07) is 0. The molecule has 2 aromatic rings. The summed E-state index contributed by atoms with van der Waals surface area (Å²) < 4.78 is 5.60. The number of hydrogen-bond acceptors (Lipinski definition) is 5. The first kappa shape index (κ1) is 10.4. The molecular formula is C10H15N6O+. The Hall–Kier alpha value is -1.73. The fourth-order valence-corrected chi connectivity index (χ4v) is 2.08. The lowest BCUT2D eigenvalue weighted by atomic mass is 10.2. The summed E-state index contributed by atoms with van der Waals surface area (Å²) >= 11 is 0. The third kappa shape index (κ3) is 1.83. The number of nitrogens with one attached hydrogen (secondary N) is 1. The number of hydrogen-bond donors (Lipinski definition) is 2. The first-order chi connectivity index (χ1) is 8.38. The van der Waals surface area contributed by atoms with Gasteiger partial charge in [-0.2, -0.15) is 0 Å². The van der Waals surface area contributed by atoms with Gasteiger partial charge in [0.2, 0.25) is 0 Å². The van der Waals surface area contributed by atoms with Crippen LogP contribution in [0.25, 0.3) is 11.2 Å². The van der Waals surface area contributed by atoms with Gasteiger partial charge in [0.05, 0.1) is 19.5 Å². The molecule has 2 aromatic heterocycles. The van der Waals surface area contributed by atoms with Crippen molar-refractivity contribution < 1.29 is 10.5 Å². The Morgan fingerprint density at radius 1 is 1.47 bits per heavy atom. The Morgan fingerprint density at radius 2 is 2.41 bits per heavy atom. The van der Waals surface area contributed by atoms with Crippen molar-refractivity contribution in [1.82, 2.24) is 19.9 Å². The zero-order valence-corrected chi connectivity index (χ0v) is 9.46. The number of ether oxygens (including phenoxy) is 1. The highest BCUT2D eigenvalue weighted by atomic mass is 16.5. The fraction of sp³-hybridized carbons (Fsp3) is 0.500. The van der Waals surface area contributed by atoms with Gasteiger partial charge in [0.25, 0.3) is 0 Å². The van der Waals surface area contributed by atoms with Crippen molar-refractivity contribution in [2.75, 3.05) is 31.1 Å². The maximum absolute atomic E-state index is 5.60. The van der Waals surface area contributed by atoms with Crippen LogP contribution in [0.1, 0.15) is 0 Å². The highest BCUT2D eigenvalue weighted by Gasteiger charge is 2.23. The van der Waals surface area contributed by atoms with E-state index in [1.165, 1.54) is 0 Å². The number of aromatic nitrogens is 4. The van der Waals surface area contributed by atoms with Gasteiger partial charge in [0.1, 0.15) is 24.5 Å². The molecule has 1 atom stereocenters. The highest BCUT2D eigenvalue weighted by molar-refractivity contribution is 5.82. The number of rotatable bonds is 2. The Balaban J connectivity index is 1.94. The van der Waals surface area contributed by atoms with Crippen LogP contribution in [-0.2, 0) is 4.74 Å². The van der Waals surface area contributed by atoms with E-state index in [1.54, 1.807) is 12.7 Å². The van der Waals surface area contributed by atoms with Crippen LogP contribution in [0.15, 0.2) is 12.7 Å². The molecule has 0 unspecified atom stereocenters. The van der Waals surface area contributed by atoms with E-state index in [2.05, 4.69) is 30.6 Å². The largest absolute Gasteiger partial charge is 0.369 e. The first-order valence-electron chi connectivity index (χ1n) is 5.68. The SMILES string of the molecule is [NH3+]C[C@H]1CN(c2ncnc3nc[nH]c23)CCO1. The minimum Gasteiger partial charge on any atom is -0.369 e.